The molecule has 1 saturated heterocycles. The molecule has 1 aliphatic heterocycles. The maximum absolute atomic E-state index is 12.2. The van der Waals surface area contributed by atoms with Crippen molar-refractivity contribution < 1.29 is 9.32 Å². The normalized spacial score (nSPS) is 23.6. The minimum atomic E-state index is -0.00495. The number of amides is 1. The predicted molar refractivity (Wildman–Crippen MR) is 69.1 cm³/mol. The molecule has 1 N–H and O–H groups in total. The van der Waals surface area contributed by atoms with E-state index in [-0.39, 0.29) is 24.4 Å². The molecule has 100 valence electrons. The number of carbonyl (C=O) groups is 1. The molecule has 0 bridgehead atoms. The summed E-state index contributed by atoms with van der Waals surface area (Å²) in [7, 11) is 0. The van der Waals surface area contributed by atoms with E-state index in [1.165, 1.54) is 0 Å². The fourth-order valence-corrected chi connectivity index (χ4v) is 2.24. The number of nitrogens with one attached hydrogen (secondary N) is 1. The maximum atomic E-state index is 12.2. The molecule has 2 heterocycles. The summed E-state index contributed by atoms with van der Waals surface area (Å²) in [5, 5.41) is 7.17. The van der Waals surface area contributed by atoms with Crippen molar-refractivity contribution >= 4 is 18.3 Å². The summed E-state index contributed by atoms with van der Waals surface area (Å²) in [5.41, 5.74) is 0.459. The lowest BCUT2D eigenvalue weighted by Gasteiger charge is -2.33. The van der Waals surface area contributed by atoms with Gasteiger partial charge in [-0.2, -0.15) is 0 Å². The highest BCUT2D eigenvalue weighted by molar-refractivity contribution is 5.92. The smallest absolute Gasteiger partial charge is 0.276 e. The van der Waals surface area contributed by atoms with E-state index >= 15 is 0 Å². The molecule has 1 aliphatic carbocycles. The van der Waals surface area contributed by atoms with Gasteiger partial charge in [-0.05, 0) is 19.8 Å². The van der Waals surface area contributed by atoms with Gasteiger partial charge < -0.3 is 14.7 Å². The van der Waals surface area contributed by atoms with Crippen LogP contribution in [0.15, 0.2) is 10.6 Å². The Kier molecular flexibility index (Phi) is 3.92. The summed E-state index contributed by atoms with van der Waals surface area (Å²) >= 11 is 0. The van der Waals surface area contributed by atoms with Crippen molar-refractivity contribution in [1.29, 1.82) is 0 Å². The Morgan fingerprint density at radius 2 is 2.33 bits per heavy atom. The monoisotopic (exact) mass is 271 g/mol. The molecule has 1 unspecified atom stereocenters. The number of rotatable bonds is 2. The molecular formula is C12H18ClN3O2. The van der Waals surface area contributed by atoms with Crippen molar-refractivity contribution in [3.8, 4) is 0 Å². The molecule has 0 aromatic carbocycles. The summed E-state index contributed by atoms with van der Waals surface area (Å²) in [6, 6.07) is 2.03. The number of piperazine rings is 1. The first-order chi connectivity index (χ1) is 8.25. The zero-order chi connectivity index (χ0) is 11.8. The van der Waals surface area contributed by atoms with Crippen LogP contribution < -0.4 is 5.32 Å². The maximum Gasteiger partial charge on any atom is 0.276 e. The third-order valence-electron chi connectivity index (χ3n) is 3.49. The van der Waals surface area contributed by atoms with Crippen LogP contribution in [-0.2, 0) is 0 Å². The molecular weight excluding hydrogens is 254 g/mol. The van der Waals surface area contributed by atoms with Crippen LogP contribution in [0.5, 0.6) is 0 Å². The standard InChI is InChI=1S/C12H17N3O2.ClH/c1-8-7-13-4-5-15(8)12(16)10-6-11(17-14-10)9-2-3-9;/h6,8-9,13H,2-5,7H2,1H3;1H. The molecule has 2 aliphatic rings. The van der Waals surface area contributed by atoms with E-state index in [9.17, 15) is 4.79 Å². The summed E-state index contributed by atoms with van der Waals surface area (Å²) in [6.07, 6.45) is 2.32. The van der Waals surface area contributed by atoms with Gasteiger partial charge in [0.05, 0.1) is 0 Å². The zero-order valence-corrected chi connectivity index (χ0v) is 11.2. The number of aromatic nitrogens is 1. The van der Waals surface area contributed by atoms with Crippen LogP contribution in [0.1, 0.15) is 41.9 Å². The Bertz CT molecular complexity index is 431. The van der Waals surface area contributed by atoms with Crippen LogP contribution in [0.4, 0.5) is 0 Å². The van der Waals surface area contributed by atoms with Gasteiger partial charge in [0.2, 0.25) is 0 Å². The molecule has 1 aromatic heterocycles. The predicted octanol–water partition coefficient (Wildman–Crippen LogP) is 1.41. The summed E-state index contributed by atoms with van der Waals surface area (Å²) in [6.45, 7) is 4.49. The van der Waals surface area contributed by atoms with Gasteiger partial charge in [-0.15, -0.1) is 12.4 Å². The highest BCUT2D eigenvalue weighted by atomic mass is 35.5. The largest absolute Gasteiger partial charge is 0.360 e. The van der Waals surface area contributed by atoms with Gasteiger partial charge in [0.15, 0.2) is 5.69 Å². The third kappa shape index (κ3) is 2.52. The first-order valence-corrected chi connectivity index (χ1v) is 6.24. The number of hydrogen-bond acceptors (Lipinski definition) is 4. The Morgan fingerprint density at radius 3 is 3.00 bits per heavy atom. The lowest BCUT2D eigenvalue weighted by molar-refractivity contribution is 0.0645. The number of halogens is 1. The Labute approximate surface area is 112 Å². The minimum absolute atomic E-state index is 0. The van der Waals surface area contributed by atoms with Gasteiger partial charge >= 0.3 is 0 Å². The van der Waals surface area contributed by atoms with Gasteiger partial charge in [0.1, 0.15) is 5.76 Å². The summed E-state index contributed by atoms with van der Waals surface area (Å²) in [5.74, 6) is 1.37. The van der Waals surface area contributed by atoms with Crippen molar-refractivity contribution in [2.45, 2.75) is 31.7 Å². The zero-order valence-electron chi connectivity index (χ0n) is 10.4. The van der Waals surface area contributed by atoms with E-state index in [2.05, 4.69) is 10.5 Å². The molecule has 1 saturated carbocycles. The van der Waals surface area contributed by atoms with E-state index in [0.717, 1.165) is 38.2 Å². The third-order valence-corrected chi connectivity index (χ3v) is 3.49. The average Bonchev–Trinajstić information content (AvgIpc) is 3.07. The van der Waals surface area contributed by atoms with E-state index < -0.39 is 0 Å². The molecule has 3 rings (SSSR count). The Morgan fingerprint density at radius 1 is 1.56 bits per heavy atom. The van der Waals surface area contributed by atoms with Gasteiger partial charge in [-0.3, -0.25) is 4.79 Å². The number of nitrogens with zero attached hydrogens (tertiary/aromatic N) is 2. The van der Waals surface area contributed by atoms with Gasteiger partial charge in [-0.25, -0.2) is 0 Å². The quantitative estimate of drug-likeness (QED) is 0.884. The first-order valence-electron chi connectivity index (χ1n) is 6.24. The lowest BCUT2D eigenvalue weighted by atomic mass is 10.2. The minimum Gasteiger partial charge on any atom is -0.360 e. The number of carbonyl (C=O) groups excluding carboxylic acids is 1. The van der Waals surface area contributed by atoms with Crippen molar-refractivity contribution in [2.24, 2.45) is 0 Å². The highest BCUT2D eigenvalue weighted by Crippen LogP contribution is 2.40. The molecule has 1 aromatic rings. The Hall–Kier alpha value is -1.07. The van der Waals surface area contributed by atoms with Crippen molar-refractivity contribution in [3.05, 3.63) is 17.5 Å². The van der Waals surface area contributed by atoms with Crippen LogP contribution in [-0.4, -0.2) is 41.6 Å². The fourth-order valence-electron chi connectivity index (χ4n) is 2.24. The van der Waals surface area contributed by atoms with Gasteiger partial charge in [0.25, 0.3) is 5.91 Å². The van der Waals surface area contributed by atoms with Crippen LogP contribution >= 0.6 is 12.4 Å². The average molecular weight is 272 g/mol. The molecule has 0 spiro atoms. The SMILES string of the molecule is CC1CNCCN1C(=O)c1cc(C2CC2)on1.Cl. The van der Waals surface area contributed by atoms with E-state index in [4.69, 9.17) is 4.52 Å². The second-order valence-electron chi connectivity index (χ2n) is 4.94. The van der Waals surface area contributed by atoms with Crippen molar-refractivity contribution in [1.82, 2.24) is 15.4 Å². The molecule has 1 amide bonds. The van der Waals surface area contributed by atoms with Crippen LogP contribution in [0.2, 0.25) is 0 Å². The molecule has 0 radical (unpaired) electrons. The molecule has 2 fully saturated rings. The highest BCUT2D eigenvalue weighted by Gasteiger charge is 2.31. The van der Waals surface area contributed by atoms with E-state index in [0.29, 0.717) is 11.6 Å². The molecule has 6 heteroatoms. The van der Waals surface area contributed by atoms with Gasteiger partial charge in [-0.1, -0.05) is 5.16 Å². The van der Waals surface area contributed by atoms with E-state index in [1.807, 2.05) is 17.9 Å². The Balaban J connectivity index is 0.00000120. The summed E-state index contributed by atoms with van der Waals surface area (Å²) in [4.78, 5) is 14.1. The lowest BCUT2D eigenvalue weighted by Crippen LogP contribution is -2.52. The summed E-state index contributed by atoms with van der Waals surface area (Å²) < 4.78 is 5.22. The number of hydrogen-bond donors (Lipinski definition) is 1. The van der Waals surface area contributed by atoms with Gasteiger partial charge in [0, 0.05) is 37.7 Å². The fraction of sp³-hybridized carbons (Fsp3) is 0.667. The second kappa shape index (κ2) is 5.28. The molecule has 18 heavy (non-hydrogen) atoms. The first kappa shape index (κ1) is 13.4. The van der Waals surface area contributed by atoms with Crippen molar-refractivity contribution in [3.63, 3.8) is 0 Å². The van der Waals surface area contributed by atoms with Crippen LogP contribution in [0, 0.1) is 0 Å². The molecule has 1 atom stereocenters. The molecule has 5 nitrogen and oxygen atoms in total. The van der Waals surface area contributed by atoms with E-state index in [1.54, 1.807) is 0 Å². The van der Waals surface area contributed by atoms with Crippen molar-refractivity contribution in [2.75, 3.05) is 19.6 Å². The van der Waals surface area contributed by atoms with Crippen LogP contribution in [0.25, 0.3) is 0 Å². The topological polar surface area (TPSA) is 58.4 Å². The second-order valence-corrected chi connectivity index (χ2v) is 4.94. The van der Waals surface area contributed by atoms with Crippen LogP contribution in [0.3, 0.4) is 0 Å².